The fraction of sp³-hybridized carbons (Fsp3) is 0.375. The minimum Gasteiger partial charge on any atom is -0.455 e. The number of fused-ring (bicyclic) bond motifs is 1. The number of esters is 1. The predicted octanol–water partition coefficient (Wildman–Crippen LogP) is 4.35. The zero-order valence-corrected chi connectivity index (χ0v) is 16.8. The molecule has 29 heavy (non-hydrogen) atoms. The van der Waals surface area contributed by atoms with E-state index in [1.54, 1.807) is 24.3 Å². The van der Waals surface area contributed by atoms with Crippen LogP contribution in [0.3, 0.4) is 0 Å². The van der Waals surface area contributed by atoms with E-state index in [-0.39, 0.29) is 5.92 Å². The zero-order valence-electron chi connectivity index (χ0n) is 16.8. The fourth-order valence-corrected chi connectivity index (χ4v) is 4.10. The van der Waals surface area contributed by atoms with Crippen LogP contribution in [0, 0.1) is 5.92 Å². The van der Waals surface area contributed by atoms with Crippen LogP contribution in [-0.2, 0) is 15.9 Å². The van der Waals surface area contributed by atoms with Crippen molar-refractivity contribution < 1.29 is 19.4 Å². The maximum atomic E-state index is 12.6. The Morgan fingerprint density at radius 2 is 1.90 bits per heavy atom. The summed E-state index contributed by atoms with van der Waals surface area (Å²) in [5.41, 5.74) is 2.73. The van der Waals surface area contributed by atoms with Gasteiger partial charge in [0.25, 0.3) is 0 Å². The molecule has 3 aromatic rings. The quantitative estimate of drug-likeness (QED) is 0.655. The van der Waals surface area contributed by atoms with Crippen LogP contribution in [0.2, 0.25) is 0 Å². The molecular formula is C24H27NO4. The molecule has 1 aliphatic heterocycles. The third-order valence-electron chi connectivity index (χ3n) is 5.59. The molecule has 0 bridgehead atoms. The van der Waals surface area contributed by atoms with Crippen molar-refractivity contribution in [2.45, 2.75) is 45.1 Å². The van der Waals surface area contributed by atoms with Crippen molar-refractivity contribution in [3.63, 3.8) is 0 Å². The fourth-order valence-electron chi connectivity index (χ4n) is 4.10. The third kappa shape index (κ3) is 3.80. The van der Waals surface area contributed by atoms with Gasteiger partial charge >= 0.3 is 5.97 Å². The molecule has 0 aliphatic carbocycles. The highest BCUT2D eigenvalue weighted by Crippen LogP contribution is 2.34. The molecular weight excluding hydrogens is 366 g/mol. The number of nitrogens with zero attached hydrogens (tertiary/aromatic N) is 1. The Morgan fingerprint density at radius 1 is 1.17 bits per heavy atom. The first-order valence-electron chi connectivity index (χ1n) is 10.2. The van der Waals surface area contributed by atoms with Gasteiger partial charge in [-0.1, -0.05) is 56.7 Å². The Kier molecular flexibility index (Phi) is 5.69. The molecule has 5 nitrogen and oxygen atoms in total. The smallest absolute Gasteiger partial charge is 0.338 e. The number of rotatable bonds is 5. The second kappa shape index (κ2) is 8.39. The zero-order chi connectivity index (χ0) is 20.4. The first-order chi connectivity index (χ1) is 14.1. The topological polar surface area (TPSA) is 60.7 Å². The molecule has 0 spiro atoms. The molecule has 0 amide bonds. The maximum Gasteiger partial charge on any atom is 0.338 e. The van der Waals surface area contributed by atoms with Gasteiger partial charge in [0.05, 0.1) is 17.7 Å². The van der Waals surface area contributed by atoms with Gasteiger partial charge in [-0.2, -0.15) is 0 Å². The molecule has 152 valence electrons. The molecule has 1 saturated heterocycles. The molecule has 1 aliphatic rings. The normalized spacial score (nSPS) is 24.5. The average Bonchev–Trinajstić information content (AvgIpc) is 3.10. The number of aliphatic hydroxyl groups excluding tert-OH is 1. The minimum atomic E-state index is -0.961. The van der Waals surface area contributed by atoms with Gasteiger partial charge in [0.15, 0.2) is 6.23 Å². The highest BCUT2D eigenvalue weighted by Gasteiger charge is 2.41. The number of aryl methyl sites for hydroxylation is 1. The Balaban J connectivity index is 1.62. The lowest BCUT2D eigenvalue weighted by Gasteiger charge is -2.39. The van der Waals surface area contributed by atoms with E-state index in [9.17, 15) is 9.90 Å². The summed E-state index contributed by atoms with van der Waals surface area (Å²) in [7, 11) is 0. The molecule has 0 radical (unpaired) electrons. The summed E-state index contributed by atoms with van der Waals surface area (Å²) >= 11 is 0. The predicted molar refractivity (Wildman–Crippen MR) is 112 cm³/mol. The van der Waals surface area contributed by atoms with Crippen LogP contribution in [0.25, 0.3) is 10.9 Å². The van der Waals surface area contributed by atoms with Crippen molar-refractivity contribution in [1.29, 1.82) is 0 Å². The number of para-hydroxylation sites is 1. The lowest BCUT2D eigenvalue weighted by atomic mass is 9.96. The standard InChI is InChI=1S/C24H27NO4/c1-3-9-18-14-25(20-13-8-7-12-19(18)20)23-21(26)22(16(2)15-28-23)29-24(27)17-10-5-4-6-11-17/h4-8,10-14,16,21-23,26H,3,9,15H2,1-2H3. The van der Waals surface area contributed by atoms with Gasteiger partial charge in [-0.3, -0.25) is 0 Å². The molecule has 1 fully saturated rings. The van der Waals surface area contributed by atoms with Gasteiger partial charge in [0.2, 0.25) is 0 Å². The van der Waals surface area contributed by atoms with Gasteiger partial charge in [-0.05, 0) is 30.2 Å². The number of carbonyl (C=O) groups is 1. The van der Waals surface area contributed by atoms with E-state index < -0.39 is 24.4 Å². The molecule has 5 heteroatoms. The van der Waals surface area contributed by atoms with E-state index in [1.165, 1.54) is 10.9 Å². The van der Waals surface area contributed by atoms with E-state index >= 15 is 0 Å². The molecule has 2 heterocycles. The summed E-state index contributed by atoms with van der Waals surface area (Å²) < 4.78 is 13.8. The van der Waals surface area contributed by atoms with E-state index in [0.717, 1.165) is 18.4 Å². The van der Waals surface area contributed by atoms with Gasteiger partial charge in [-0.15, -0.1) is 0 Å². The van der Waals surface area contributed by atoms with Crippen molar-refractivity contribution in [3.05, 3.63) is 71.9 Å². The van der Waals surface area contributed by atoms with E-state index in [2.05, 4.69) is 19.2 Å². The lowest BCUT2D eigenvalue weighted by molar-refractivity contribution is -0.188. The number of hydrogen-bond acceptors (Lipinski definition) is 4. The van der Waals surface area contributed by atoms with Crippen molar-refractivity contribution in [2.75, 3.05) is 6.61 Å². The van der Waals surface area contributed by atoms with Crippen LogP contribution in [0.15, 0.2) is 60.8 Å². The van der Waals surface area contributed by atoms with Gasteiger partial charge in [0.1, 0.15) is 12.2 Å². The van der Waals surface area contributed by atoms with Gasteiger partial charge < -0.3 is 19.1 Å². The van der Waals surface area contributed by atoms with E-state index in [1.807, 2.05) is 35.8 Å². The van der Waals surface area contributed by atoms with Crippen LogP contribution in [-0.4, -0.2) is 34.5 Å². The van der Waals surface area contributed by atoms with Gasteiger partial charge in [0, 0.05) is 17.5 Å². The summed E-state index contributed by atoms with van der Waals surface area (Å²) in [5.74, 6) is -0.531. The summed E-state index contributed by atoms with van der Waals surface area (Å²) in [6.07, 6.45) is 1.85. The molecule has 4 unspecified atom stereocenters. The molecule has 4 rings (SSSR count). The Hall–Kier alpha value is -2.63. The Labute approximate surface area is 170 Å². The van der Waals surface area contributed by atoms with Crippen LogP contribution in [0.1, 0.15) is 42.4 Å². The molecule has 2 aromatic carbocycles. The van der Waals surface area contributed by atoms with Crippen molar-refractivity contribution >= 4 is 16.9 Å². The SMILES string of the molecule is CCCc1cn(C2OCC(C)C(OC(=O)c3ccccc3)C2O)c2ccccc12. The van der Waals surface area contributed by atoms with Crippen LogP contribution >= 0.6 is 0 Å². The van der Waals surface area contributed by atoms with Crippen LogP contribution in [0.5, 0.6) is 0 Å². The van der Waals surface area contributed by atoms with Gasteiger partial charge in [-0.25, -0.2) is 4.79 Å². The second-order valence-corrected chi connectivity index (χ2v) is 7.76. The number of aromatic nitrogens is 1. The van der Waals surface area contributed by atoms with E-state index in [0.29, 0.717) is 12.2 Å². The molecule has 1 aromatic heterocycles. The monoisotopic (exact) mass is 393 g/mol. The van der Waals surface area contributed by atoms with Crippen LogP contribution in [0.4, 0.5) is 0 Å². The number of carbonyl (C=O) groups excluding carboxylic acids is 1. The van der Waals surface area contributed by atoms with Crippen molar-refractivity contribution in [2.24, 2.45) is 5.92 Å². The number of benzene rings is 2. The first kappa shape index (κ1) is 19.7. The van der Waals surface area contributed by atoms with Crippen molar-refractivity contribution in [1.82, 2.24) is 4.57 Å². The largest absolute Gasteiger partial charge is 0.455 e. The Morgan fingerprint density at radius 3 is 2.66 bits per heavy atom. The van der Waals surface area contributed by atoms with Crippen LogP contribution < -0.4 is 0 Å². The Bertz CT molecular complexity index is 981. The maximum absolute atomic E-state index is 12.6. The molecule has 1 N–H and O–H groups in total. The highest BCUT2D eigenvalue weighted by molar-refractivity contribution is 5.89. The summed E-state index contributed by atoms with van der Waals surface area (Å²) in [5, 5.41) is 12.3. The third-order valence-corrected chi connectivity index (χ3v) is 5.59. The number of hydrogen-bond donors (Lipinski definition) is 1. The second-order valence-electron chi connectivity index (χ2n) is 7.76. The molecule has 0 saturated carbocycles. The molecule has 4 atom stereocenters. The highest BCUT2D eigenvalue weighted by atomic mass is 16.6. The minimum absolute atomic E-state index is 0.106. The number of aliphatic hydroxyl groups is 1. The lowest BCUT2D eigenvalue weighted by Crippen LogP contribution is -2.48. The van der Waals surface area contributed by atoms with E-state index in [4.69, 9.17) is 9.47 Å². The summed E-state index contributed by atoms with van der Waals surface area (Å²) in [4.78, 5) is 12.6. The average molecular weight is 393 g/mol. The van der Waals surface area contributed by atoms with Crippen molar-refractivity contribution in [3.8, 4) is 0 Å². The first-order valence-corrected chi connectivity index (χ1v) is 10.2. The summed E-state index contributed by atoms with van der Waals surface area (Å²) in [6.45, 7) is 4.49. The number of ether oxygens (including phenoxy) is 2. The summed E-state index contributed by atoms with van der Waals surface area (Å²) in [6, 6.07) is 17.0.